The lowest BCUT2D eigenvalue weighted by Crippen LogP contribution is -2.06. The smallest absolute Gasteiger partial charge is 0.175 e. The van der Waals surface area contributed by atoms with Crippen LogP contribution in [0.15, 0.2) is 0 Å². The van der Waals surface area contributed by atoms with E-state index in [1.807, 2.05) is 0 Å². The van der Waals surface area contributed by atoms with E-state index in [2.05, 4.69) is 17.5 Å². The van der Waals surface area contributed by atoms with Gasteiger partial charge in [-0.2, -0.15) is 14.3 Å². The Bertz CT molecular complexity index is 160. The first-order valence-corrected chi connectivity index (χ1v) is 7.88. The highest BCUT2D eigenvalue weighted by atomic mass is 32.2. The maximum atomic E-state index is 12.1. The van der Waals surface area contributed by atoms with E-state index in [-0.39, 0.29) is 6.16 Å². The molecule has 2 N–H and O–H groups in total. The summed E-state index contributed by atoms with van der Waals surface area (Å²) in [5.41, 5.74) is 0. The fourth-order valence-electron chi connectivity index (χ4n) is 0.582. The molecule has 0 fully saturated rings. The second-order valence-electron chi connectivity index (χ2n) is 1.99. The third-order valence-electron chi connectivity index (χ3n) is 1.17. The van der Waals surface area contributed by atoms with Crippen molar-refractivity contribution in [2.24, 2.45) is 0 Å². The summed E-state index contributed by atoms with van der Waals surface area (Å²) in [4.78, 5) is 18.3. The first kappa shape index (κ1) is 14.9. The lowest BCUT2D eigenvalue weighted by molar-refractivity contribution is -0.0357. The largest absolute Gasteiger partial charge is 0.627 e. The topological polar surface area (TPSA) is 77.4 Å². The Balaban J connectivity index is 4.41. The molecule has 86 valence electrons. The van der Waals surface area contributed by atoms with Crippen LogP contribution in [0.5, 0.6) is 0 Å². The summed E-state index contributed by atoms with van der Waals surface area (Å²) in [5.74, 6) is 0. The van der Waals surface area contributed by atoms with Gasteiger partial charge in [0.05, 0.1) is 11.4 Å². The molecule has 0 saturated heterocycles. The summed E-state index contributed by atoms with van der Waals surface area (Å²) < 4.78 is 29.2. The van der Waals surface area contributed by atoms with Crippen molar-refractivity contribution in [1.82, 2.24) is 0 Å². The van der Waals surface area contributed by atoms with Gasteiger partial charge < -0.3 is 0 Å². The van der Waals surface area contributed by atoms with Crippen molar-refractivity contribution in [3.63, 3.8) is 0 Å². The molecule has 0 bridgehead atoms. The molecule has 0 aliphatic rings. The molecule has 1 unspecified atom stereocenters. The maximum absolute atomic E-state index is 12.1. The minimum Gasteiger partial charge on any atom is -0.175 e. The van der Waals surface area contributed by atoms with Crippen LogP contribution in [0.4, 0.5) is 4.53 Å². The van der Waals surface area contributed by atoms with Crippen LogP contribution in [0.3, 0.4) is 0 Å². The van der Waals surface area contributed by atoms with Crippen LogP contribution in [0.25, 0.3) is 0 Å². The molecule has 0 aromatic carbocycles. The van der Waals surface area contributed by atoms with Crippen LogP contribution in [0, 0.1) is 0 Å². The molecule has 0 aromatic heterocycles. The molecule has 10 heteroatoms. The molecule has 14 heavy (non-hydrogen) atoms. The zero-order valence-electron chi connectivity index (χ0n) is 7.92. The normalized spacial score (nSPS) is 16.7. The molecule has 1 atom stereocenters. The summed E-state index contributed by atoms with van der Waals surface area (Å²) >= 11 is 0.689. The van der Waals surface area contributed by atoms with Gasteiger partial charge in [-0.25, -0.2) is 0 Å². The monoisotopic (exact) mass is 270 g/mol. The molecule has 0 rings (SSSR count). The molecule has 0 aliphatic carbocycles. The number of hydrogen-bond donors (Lipinski definition) is 2. The van der Waals surface area contributed by atoms with Crippen LogP contribution < -0.4 is 0 Å². The van der Waals surface area contributed by atoms with E-state index in [4.69, 9.17) is 9.79 Å². The Kier molecular flexibility index (Phi) is 6.89. The second-order valence-corrected chi connectivity index (χ2v) is 6.91. The Morgan fingerprint density at radius 1 is 1.43 bits per heavy atom. The van der Waals surface area contributed by atoms with Gasteiger partial charge in [0.15, 0.2) is 0 Å². The molecule has 0 spiro atoms. The highest BCUT2D eigenvalue weighted by molar-refractivity contribution is 7.98. The summed E-state index contributed by atoms with van der Waals surface area (Å²) in [7, 11) is -6.29. The molecule has 0 heterocycles. The van der Waals surface area contributed by atoms with Crippen molar-refractivity contribution < 1.29 is 31.8 Å². The molecular weight excluding hydrogens is 257 g/mol. The third-order valence-corrected chi connectivity index (χ3v) is 5.93. The third kappa shape index (κ3) is 4.61. The Morgan fingerprint density at radius 3 is 2.29 bits per heavy atom. The van der Waals surface area contributed by atoms with Crippen molar-refractivity contribution >= 4 is 28.2 Å². The first-order valence-electron chi connectivity index (χ1n) is 3.47. The SMILES string of the molecule is CC[P+](OC)(OF)O[P+](O)(O)OSC. The van der Waals surface area contributed by atoms with Gasteiger partial charge in [-0.3, -0.25) is 0 Å². The minimum absolute atomic E-state index is 0.0284. The fourth-order valence-corrected chi connectivity index (χ4v) is 4.25. The predicted octanol–water partition coefficient (Wildman–Crippen LogP) is 2.29. The molecule has 0 saturated carbocycles. The summed E-state index contributed by atoms with van der Waals surface area (Å²) in [6, 6.07) is 0. The van der Waals surface area contributed by atoms with Crippen molar-refractivity contribution in [1.29, 1.82) is 0 Å². The Hall–Kier alpha value is 0.900. The molecule has 0 amide bonds. The summed E-state index contributed by atoms with van der Waals surface area (Å²) in [6.07, 6.45) is 1.49. The van der Waals surface area contributed by atoms with Gasteiger partial charge in [0, 0.05) is 23.0 Å². The average Bonchev–Trinajstić information content (AvgIpc) is 2.14. The van der Waals surface area contributed by atoms with E-state index >= 15 is 0 Å². The molecule has 0 aromatic rings. The summed E-state index contributed by atoms with van der Waals surface area (Å²) in [6.45, 7) is 1.52. The van der Waals surface area contributed by atoms with Crippen molar-refractivity contribution in [3.05, 3.63) is 0 Å². The molecular formula is C4H13FO6P2S+2. The van der Waals surface area contributed by atoms with Crippen molar-refractivity contribution in [2.75, 3.05) is 19.5 Å². The Morgan fingerprint density at radius 2 is 2.00 bits per heavy atom. The summed E-state index contributed by atoms with van der Waals surface area (Å²) in [5, 5.41) is 0. The van der Waals surface area contributed by atoms with Crippen molar-refractivity contribution in [3.8, 4) is 0 Å². The van der Waals surface area contributed by atoms with Gasteiger partial charge in [-0.15, -0.1) is 0 Å². The lowest BCUT2D eigenvalue weighted by Gasteiger charge is -2.12. The quantitative estimate of drug-likeness (QED) is 0.542. The van der Waals surface area contributed by atoms with Gasteiger partial charge in [-0.05, 0) is 11.4 Å². The van der Waals surface area contributed by atoms with Crippen LogP contribution in [0.1, 0.15) is 6.92 Å². The number of rotatable bonds is 7. The fraction of sp³-hybridized carbons (Fsp3) is 1.00. The zero-order chi connectivity index (χ0) is 11.2. The van der Waals surface area contributed by atoms with E-state index < -0.39 is 16.1 Å². The number of halogens is 1. The van der Waals surface area contributed by atoms with Gasteiger partial charge in [0.2, 0.25) is 0 Å². The molecule has 0 aliphatic heterocycles. The lowest BCUT2D eigenvalue weighted by atomic mass is 11.0. The van der Waals surface area contributed by atoms with Gasteiger partial charge in [-0.1, -0.05) is 3.97 Å². The average molecular weight is 270 g/mol. The number of hydrogen-bond acceptors (Lipinski definition) is 7. The molecule has 6 nitrogen and oxygen atoms in total. The predicted molar refractivity (Wildman–Crippen MR) is 53.7 cm³/mol. The minimum atomic E-state index is -4.09. The second kappa shape index (κ2) is 6.48. The van der Waals surface area contributed by atoms with Crippen LogP contribution in [-0.4, -0.2) is 29.3 Å². The standard InChI is InChI=1S/C4H13FO6P2S/c1-4-12(8-2,9-5)10-13(6,7)11-14-3/h6-7H,4H2,1-3H3/q+2. The van der Waals surface area contributed by atoms with E-state index in [0.29, 0.717) is 12.0 Å². The van der Waals surface area contributed by atoms with Gasteiger partial charge in [0.25, 0.3) is 0 Å². The van der Waals surface area contributed by atoms with Gasteiger partial charge in [0.1, 0.15) is 6.16 Å². The van der Waals surface area contributed by atoms with E-state index in [1.165, 1.54) is 13.2 Å². The van der Waals surface area contributed by atoms with Crippen LogP contribution in [-0.2, 0) is 17.5 Å². The molecule has 0 radical (unpaired) electrons. The Labute approximate surface area is 87.1 Å². The van der Waals surface area contributed by atoms with E-state index in [9.17, 15) is 4.53 Å². The van der Waals surface area contributed by atoms with E-state index in [1.54, 1.807) is 0 Å². The first-order chi connectivity index (χ1) is 6.45. The maximum Gasteiger partial charge on any atom is 0.627 e. The van der Waals surface area contributed by atoms with Crippen LogP contribution in [0.2, 0.25) is 0 Å². The zero-order valence-corrected chi connectivity index (χ0v) is 10.5. The van der Waals surface area contributed by atoms with E-state index in [0.717, 1.165) is 7.11 Å². The van der Waals surface area contributed by atoms with Crippen molar-refractivity contribution in [2.45, 2.75) is 6.92 Å². The van der Waals surface area contributed by atoms with Crippen LogP contribution >= 0.6 is 28.2 Å². The highest BCUT2D eigenvalue weighted by Crippen LogP contribution is 2.75. The van der Waals surface area contributed by atoms with Gasteiger partial charge >= 0.3 is 16.1 Å². The highest BCUT2D eigenvalue weighted by Gasteiger charge is 2.62.